The van der Waals surface area contributed by atoms with Crippen LogP contribution in [0.25, 0.3) is 10.9 Å². The van der Waals surface area contributed by atoms with Crippen molar-refractivity contribution in [2.45, 2.75) is 6.92 Å². The summed E-state index contributed by atoms with van der Waals surface area (Å²) in [5.74, 6) is -0.135. The largest absolute Gasteiger partial charge is 0.358 e. The highest BCUT2D eigenvalue weighted by Gasteiger charge is 2.30. The van der Waals surface area contributed by atoms with Crippen LogP contribution in [0.1, 0.15) is 16.8 Å². The summed E-state index contributed by atoms with van der Waals surface area (Å²) in [6, 6.07) is 15.6. The lowest BCUT2D eigenvalue weighted by Crippen LogP contribution is -2.25. The molecule has 2 heterocycles. The summed E-state index contributed by atoms with van der Waals surface area (Å²) in [7, 11) is 1.75. The number of likely N-dealkylation sites (N-methyl/N-ethyl adjacent to an activating group) is 1. The smallest absolute Gasteiger partial charge is 0.279 e. The maximum atomic E-state index is 12.3. The lowest BCUT2D eigenvalue weighted by atomic mass is 10.1. The molecule has 0 atom stereocenters. The molecular formula is C19H16N4O. The second-order valence-electron chi connectivity index (χ2n) is 5.78. The van der Waals surface area contributed by atoms with Gasteiger partial charge in [-0.2, -0.15) is 5.10 Å². The second-order valence-corrected chi connectivity index (χ2v) is 5.78. The number of aromatic amines is 1. The molecule has 0 fully saturated rings. The number of aromatic nitrogens is 1. The van der Waals surface area contributed by atoms with Crippen LogP contribution < -0.4 is 4.90 Å². The third-order valence-corrected chi connectivity index (χ3v) is 4.32. The topological polar surface area (TPSA) is 60.8 Å². The molecule has 0 saturated carbocycles. The molecule has 3 aromatic rings. The zero-order valence-electron chi connectivity index (χ0n) is 13.4. The SMILES string of the molecule is Cc1[nH]c2ccccc2c1/C=N/N=C1/C(=O)N(C)c2ccccc21. The van der Waals surface area contributed by atoms with Crippen molar-refractivity contribution in [3.05, 3.63) is 65.4 Å². The van der Waals surface area contributed by atoms with Gasteiger partial charge in [-0.3, -0.25) is 4.79 Å². The fourth-order valence-electron chi connectivity index (χ4n) is 3.06. The van der Waals surface area contributed by atoms with E-state index in [1.165, 1.54) is 0 Å². The lowest BCUT2D eigenvalue weighted by molar-refractivity contribution is -0.111. The minimum absolute atomic E-state index is 0.135. The van der Waals surface area contributed by atoms with Crippen LogP contribution in [0.4, 0.5) is 5.69 Å². The first-order chi connectivity index (χ1) is 11.7. The molecule has 0 aliphatic carbocycles. The fourth-order valence-corrected chi connectivity index (χ4v) is 3.06. The van der Waals surface area contributed by atoms with Crippen LogP contribution in [-0.2, 0) is 4.79 Å². The first kappa shape index (κ1) is 14.4. The van der Waals surface area contributed by atoms with Gasteiger partial charge in [-0.05, 0) is 19.1 Å². The molecule has 0 radical (unpaired) electrons. The van der Waals surface area contributed by atoms with Gasteiger partial charge in [0.2, 0.25) is 0 Å². The van der Waals surface area contributed by atoms with Crippen molar-refractivity contribution >= 4 is 34.4 Å². The van der Waals surface area contributed by atoms with E-state index in [0.717, 1.165) is 33.4 Å². The Kier molecular flexibility index (Phi) is 3.27. The molecule has 1 aliphatic heterocycles. The summed E-state index contributed by atoms with van der Waals surface area (Å²) in [5, 5.41) is 9.48. The van der Waals surface area contributed by atoms with Crippen LogP contribution in [-0.4, -0.2) is 29.9 Å². The highest BCUT2D eigenvalue weighted by atomic mass is 16.2. The number of hydrogen-bond acceptors (Lipinski definition) is 3. The van der Waals surface area contributed by atoms with Crippen LogP contribution in [0.3, 0.4) is 0 Å². The average molecular weight is 316 g/mol. The number of rotatable bonds is 2. The summed E-state index contributed by atoms with van der Waals surface area (Å²) in [4.78, 5) is 17.3. The Morgan fingerprint density at radius 2 is 1.83 bits per heavy atom. The van der Waals surface area contributed by atoms with Crippen molar-refractivity contribution in [2.24, 2.45) is 10.2 Å². The van der Waals surface area contributed by atoms with Crippen molar-refractivity contribution in [2.75, 3.05) is 11.9 Å². The third kappa shape index (κ3) is 2.13. The standard InChI is InChI=1S/C19H16N4O/c1-12-15(13-7-3-5-9-16(13)21-12)11-20-22-18-14-8-4-6-10-17(14)23(2)19(18)24/h3-11,21H,1-2H3/b20-11+,22-18+. The monoisotopic (exact) mass is 316 g/mol. The van der Waals surface area contributed by atoms with E-state index in [2.05, 4.69) is 15.2 Å². The van der Waals surface area contributed by atoms with E-state index in [4.69, 9.17) is 0 Å². The number of benzene rings is 2. The molecule has 0 unspecified atom stereocenters. The number of carbonyl (C=O) groups is 1. The number of H-pyrrole nitrogens is 1. The van der Waals surface area contributed by atoms with E-state index in [1.807, 2.05) is 55.5 Å². The number of carbonyl (C=O) groups excluding carboxylic acids is 1. The molecule has 0 spiro atoms. The number of hydrogen-bond donors (Lipinski definition) is 1. The molecule has 2 aromatic carbocycles. The van der Waals surface area contributed by atoms with Gasteiger partial charge in [-0.15, -0.1) is 5.10 Å². The number of para-hydroxylation sites is 2. The Morgan fingerprint density at radius 3 is 2.71 bits per heavy atom. The summed E-state index contributed by atoms with van der Waals surface area (Å²) in [5.41, 5.74) is 5.13. The van der Waals surface area contributed by atoms with Gasteiger partial charge in [-0.25, -0.2) is 0 Å². The second kappa shape index (κ2) is 5.45. The van der Waals surface area contributed by atoms with Gasteiger partial charge in [0.15, 0.2) is 5.71 Å². The van der Waals surface area contributed by atoms with Gasteiger partial charge in [-0.1, -0.05) is 36.4 Å². The number of nitrogens with one attached hydrogen (secondary N) is 1. The molecule has 1 aromatic heterocycles. The molecule has 0 bridgehead atoms. The summed E-state index contributed by atoms with van der Waals surface area (Å²) >= 11 is 0. The molecule has 24 heavy (non-hydrogen) atoms. The van der Waals surface area contributed by atoms with Crippen LogP contribution >= 0.6 is 0 Å². The maximum Gasteiger partial charge on any atom is 0.279 e. The number of nitrogens with zero attached hydrogens (tertiary/aromatic N) is 3. The lowest BCUT2D eigenvalue weighted by Gasteiger charge is -2.07. The summed E-state index contributed by atoms with van der Waals surface area (Å²) in [6.07, 6.45) is 1.70. The summed E-state index contributed by atoms with van der Waals surface area (Å²) < 4.78 is 0. The summed E-state index contributed by atoms with van der Waals surface area (Å²) in [6.45, 7) is 2.00. The number of aryl methyl sites for hydroxylation is 1. The van der Waals surface area contributed by atoms with Crippen molar-refractivity contribution in [1.29, 1.82) is 0 Å². The van der Waals surface area contributed by atoms with Gasteiger partial charge >= 0.3 is 0 Å². The Hall–Kier alpha value is -3.21. The van der Waals surface area contributed by atoms with Gasteiger partial charge < -0.3 is 9.88 Å². The van der Waals surface area contributed by atoms with Crippen molar-refractivity contribution in [3.8, 4) is 0 Å². The molecule has 5 heteroatoms. The number of anilines is 1. The van der Waals surface area contributed by atoms with E-state index in [0.29, 0.717) is 5.71 Å². The quantitative estimate of drug-likeness (QED) is 0.572. The molecule has 0 saturated heterocycles. The van der Waals surface area contributed by atoms with Crippen molar-refractivity contribution in [3.63, 3.8) is 0 Å². The Bertz CT molecular complexity index is 1010. The average Bonchev–Trinajstić information content (AvgIpc) is 3.04. The predicted octanol–water partition coefficient (Wildman–Crippen LogP) is 3.28. The molecule has 5 nitrogen and oxygen atoms in total. The minimum atomic E-state index is -0.135. The maximum absolute atomic E-state index is 12.3. The Morgan fingerprint density at radius 1 is 1.08 bits per heavy atom. The molecule has 1 aliphatic rings. The van der Waals surface area contributed by atoms with Crippen LogP contribution in [0.2, 0.25) is 0 Å². The minimum Gasteiger partial charge on any atom is -0.358 e. The number of amides is 1. The van der Waals surface area contributed by atoms with Crippen molar-refractivity contribution < 1.29 is 4.79 Å². The van der Waals surface area contributed by atoms with Gasteiger partial charge in [0.1, 0.15) is 0 Å². The Labute approximate surface area is 139 Å². The van der Waals surface area contributed by atoms with E-state index in [9.17, 15) is 4.79 Å². The van der Waals surface area contributed by atoms with Crippen molar-refractivity contribution in [1.82, 2.24) is 4.98 Å². The Balaban J connectivity index is 1.74. The third-order valence-electron chi connectivity index (χ3n) is 4.32. The number of fused-ring (bicyclic) bond motifs is 2. The highest BCUT2D eigenvalue weighted by molar-refractivity contribution is 6.54. The highest BCUT2D eigenvalue weighted by Crippen LogP contribution is 2.27. The van der Waals surface area contributed by atoms with Gasteiger partial charge in [0.25, 0.3) is 5.91 Å². The van der Waals surface area contributed by atoms with Crippen LogP contribution in [0.15, 0.2) is 58.7 Å². The zero-order valence-corrected chi connectivity index (χ0v) is 13.4. The molecule has 4 rings (SSSR count). The zero-order chi connectivity index (χ0) is 16.7. The van der Waals surface area contributed by atoms with E-state index in [-0.39, 0.29) is 5.91 Å². The van der Waals surface area contributed by atoms with Gasteiger partial charge in [0.05, 0.1) is 11.9 Å². The first-order valence-corrected chi connectivity index (χ1v) is 7.72. The molecule has 1 N–H and O–H groups in total. The fraction of sp³-hybridized carbons (Fsp3) is 0.105. The van der Waals surface area contributed by atoms with Gasteiger partial charge in [0, 0.05) is 34.8 Å². The molecular weight excluding hydrogens is 300 g/mol. The van der Waals surface area contributed by atoms with Crippen LogP contribution in [0, 0.1) is 6.92 Å². The predicted molar refractivity (Wildman–Crippen MR) is 97.0 cm³/mol. The first-order valence-electron chi connectivity index (χ1n) is 7.72. The van der Waals surface area contributed by atoms with E-state index >= 15 is 0 Å². The molecule has 1 amide bonds. The molecule has 118 valence electrons. The van der Waals surface area contributed by atoms with E-state index in [1.54, 1.807) is 18.2 Å². The normalized spacial score (nSPS) is 15.8. The van der Waals surface area contributed by atoms with Crippen LogP contribution in [0.5, 0.6) is 0 Å². The van der Waals surface area contributed by atoms with E-state index < -0.39 is 0 Å².